The van der Waals surface area contributed by atoms with Crippen LogP contribution in [0.1, 0.15) is 30.6 Å². The number of aromatic nitrogens is 2. The number of para-hydroxylation sites is 2. The van der Waals surface area contributed by atoms with Crippen molar-refractivity contribution in [2.45, 2.75) is 13.3 Å². The first-order valence-electron chi connectivity index (χ1n) is 18.3. The smallest absolute Gasteiger partial charge is 0.114 e. The second-order valence-electron chi connectivity index (χ2n) is 8.50. The van der Waals surface area contributed by atoms with Gasteiger partial charge in [-0.15, -0.1) is 0 Å². The fourth-order valence-electron chi connectivity index (χ4n) is 4.92. The van der Waals surface area contributed by atoms with Crippen LogP contribution in [-0.2, 0) is 6.42 Å². The van der Waals surface area contributed by atoms with Gasteiger partial charge >= 0.3 is 0 Å². The summed E-state index contributed by atoms with van der Waals surface area (Å²) in [6.45, 7) is 1.99. The Morgan fingerprint density at radius 1 is 0.622 bits per heavy atom. The molecule has 37 heavy (non-hydrogen) atoms. The summed E-state index contributed by atoms with van der Waals surface area (Å²) in [6.07, 6.45) is 0.636. The van der Waals surface area contributed by atoms with Gasteiger partial charge in [0, 0.05) is 12.1 Å². The van der Waals surface area contributed by atoms with Crippen molar-refractivity contribution in [3.8, 4) is 27.9 Å². The first-order valence-corrected chi connectivity index (χ1v) is 11.8. The molecular formula is C35H26N2. The zero-order valence-corrected chi connectivity index (χ0v) is 19.7. The lowest BCUT2D eigenvalue weighted by molar-refractivity contribution is 0.908. The lowest BCUT2D eigenvalue weighted by atomic mass is 9.86. The van der Waals surface area contributed by atoms with Crippen LogP contribution < -0.4 is 0 Å². The minimum atomic E-state index is -0.706. The highest BCUT2D eigenvalue weighted by atomic mass is 15.1. The molecule has 2 heteroatoms. The Kier molecular flexibility index (Phi) is 2.85. The number of aryl methyl sites for hydroxylation is 1. The second-order valence-corrected chi connectivity index (χ2v) is 8.50. The predicted molar refractivity (Wildman–Crippen MR) is 156 cm³/mol. The van der Waals surface area contributed by atoms with Gasteiger partial charge in [0.1, 0.15) is 5.82 Å². The van der Waals surface area contributed by atoms with E-state index in [1.165, 1.54) is 0 Å². The molecule has 7 aromatic rings. The van der Waals surface area contributed by atoms with Crippen molar-refractivity contribution in [3.05, 3.63) is 133 Å². The monoisotopic (exact) mass is 487 g/mol. The van der Waals surface area contributed by atoms with E-state index < -0.39 is 84.1 Å². The summed E-state index contributed by atoms with van der Waals surface area (Å²) in [5.41, 5.74) is 2.13. The molecule has 2 nitrogen and oxygen atoms in total. The Hall–Kier alpha value is -4.69. The Balaban J connectivity index is 1.70. The average molecular weight is 488 g/mol. The molecular weight excluding hydrogens is 448 g/mol. The maximum absolute atomic E-state index is 9.10. The highest BCUT2D eigenvalue weighted by Gasteiger charge is 2.17. The predicted octanol–water partition coefficient (Wildman–Crippen LogP) is 9.23. The normalized spacial score (nSPS) is 16.4. The van der Waals surface area contributed by atoms with Crippen LogP contribution in [0.5, 0.6) is 0 Å². The molecule has 0 saturated carbocycles. The molecule has 0 unspecified atom stereocenters. The second kappa shape index (κ2) is 8.76. The van der Waals surface area contributed by atoms with E-state index in [0.717, 1.165) is 22.5 Å². The van der Waals surface area contributed by atoms with Crippen molar-refractivity contribution in [2.24, 2.45) is 0 Å². The zero-order chi connectivity index (χ0) is 36.1. The number of nitrogens with zero attached hydrogens (tertiary/aromatic N) is 2. The molecule has 0 spiro atoms. The van der Waals surface area contributed by atoms with Crippen molar-refractivity contribution in [1.82, 2.24) is 9.55 Å². The third kappa shape index (κ3) is 3.45. The third-order valence-electron chi connectivity index (χ3n) is 6.49. The van der Waals surface area contributed by atoms with Crippen molar-refractivity contribution < 1.29 is 17.8 Å². The summed E-state index contributed by atoms with van der Waals surface area (Å²) < 4.78 is 115. The molecule has 6 aromatic carbocycles. The van der Waals surface area contributed by atoms with Gasteiger partial charge < -0.3 is 0 Å². The fourth-order valence-corrected chi connectivity index (χ4v) is 4.92. The molecule has 176 valence electrons. The van der Waals surface area contributed by atoms with Gasteiger partial charge in [0.05, 0.1) is 28.9 Å². The van der Waals surface area contributed by atoms with Gasteiger partial charge in [0.2, 0.25) is 0 Å². The van der Waals surface area contributed by atoms with Crippen LogP contribution in [0.4, 0.5) is 0 Å². The number of hydrogen-bond donors (Lipinski definition) is 0. The Bertz CT molecular complexity index is 2500. The molecule has 1 aromatic heterocycles. The molecule has 0 saturated heterocycles. The van der Waals surface area contributed by atoms with Crippen molar-refractivity contribution in [3.63, 3.8) is 0 Å². The van der Waals surface area contributed by atoms with E-state index in [1.54, 1.807) is 24.3 Å². The summed E-state index contributed by atoms with van der Waals surface area (Å²) >= 11 is 0. The number of imidazole rings is 1. The minimum absolute atomic E-state index is 0.0860. The maximum Gasteiger partial charge on any atom is 0.114 e. The van der Waals surface area contributed by atoms with Gasteiger partial charge in [-0.1, -0.05) is 110 Å². The lowest BCUT2D eigenvalue weighted by Gasteiger charge is -2.18. The van der Waals surface area contributed by atoms with E-state index in [9.17, 15) is 0 Å². The van der Waals surface area contributed by atoms with Gasteiger partial charge in [0.15, 0.2) is 0 Å². The molecule has 0 bridgehead atoms. The third-order valence-corrected chi connectivity index (χ3v) is 6.49. The summed E-state index contributed by atoms with van der Waals surface area (Å²) in [5.74, 6) is 0.807. The molecule has 0 aliphatic heterocycles. The summed E-state index contributed by atoms with van der Waals surface area (Å²) in [4.78, 5) is 4.74. The summed E-state index contributed by atoms with van der Waals surface area (Å²) in [6, 6.07) is 6.44. The molecule has 0 aliphatic rings. The van der Waals surface area contributed by atoms with Crippen molar-refractivity contribution >= 4 is 32.6 Å². The van der Waals surface area contributed by atoms with Gasteiger partial charge in [-0.25, -0.2) is 4.98 Å². The minimum Gasteiger partial charge on any atom is -0.296 e. The largest absolute Gasteiger partial charge is 0.296 e. The molecule has 0 amide bonds. The van der Waals surface area contributed by atoms with E-state index in [1.807, 2.05) is 35.8 Å². The van der Waals surface area contributed by atoms with Crippen LogP contribution in [0, 0.1) is 0 Å². The zero-order valence-electron chi connectivity index (χ0n) is 32.7. The van der Waals surface area contributed by atoms with Crippen LogP contribution in [0.15, 0.2) is 127 Å². The van der Waals surface area contributed by atoms with Gasteiger partial charge in [-0.05, 0) is 68.1 Å². The molecule has 1 heterocycles. The van der Waals surface area contributed by atoms with E-state index in [-0.39, 0.29) is 32.7 Å². The van der Waals surface area contributed by atoms with Crippen LogP contribution in [0.3, 0.4) is 0 Å². The van der Waals surface area contributed by atoms with Crippen LogP contribution in [-0.4, -0.2) is 9.55 Å². The number of rotatable bonds is 4. The molecule has 0 radical (unpaired) electrons. The first kappa shape index (κ1) is 12.0. The molecule has 7 rings (SSSR count). The van der Waals surface area contributed by atoms with Crippen molar-refractivity contribution in [2.75, 3.05) is 0 Å². The van der Waals surface area contributed by atoms with E-state index in [0.29, 0.717) is 12.0 Å². The molecule has 0 fully saturated rings. The standard InChI is InChI=1S/C35H26N2/c1-2-33-36-31-18-10-11-19-32(31)37(33)26-22-20-25(21-23-26)35-29-16-8-6-14-27(29)34(24-12-4-3-5-13-24)28-15-7-9-17-30(28)35/h3-23H,2H2,1H3/i3D,4D,5D,6D,7D,8D,9D,12D,13D,14D,15D,16D,17D. The molecule has 0 atom stereocenters. The fraction of sp³-hybridized carbons (Fsp3) is 0.0571. The van der Waals surface area contributed by atoms with Crippen LogP contribution in [0.2, 0.25) is 0 Å². The Morgan fingerprint density at radius 3 is 1.76 bits per heavy atom. The summed E-state index contributed by atoms with van der Waals surface area (Å²) in [5, 5.41) is -0.712. The quantitative estimate of drug-likeness (QED) is 0.226. The Labute approximate surface area is 234 Å². The summed E-state index contributed by atoms with van der Waals surface area (Å²) in [7, 11) is 0. The van der Waals surface area contributed by atoms with Gasteiger partial charge in [-0.2, -0.15) is 0 Å². The van der Waals surface area contributed by atoms with Crippen LogP contribution >= 0.6 is 0 Å². The Morgan fingerprint density at radius 2 is 1.16 bits per heavy atom. The average Bonchev–Trinajstić information content (AvgIpc) is 3.51. The SMILES string of the molecule is [2H]c1c([2H])c([2H])c(-c2c3c([2H])c([2H])c([2H])c([2H])c3c(-c3ccc(-n4c(CC)nc5ccccc54)cc3)c3c([2H])c([2H])c([2H])c([2H])c23)c([2H])c1[2H]. The van der Waals surface area contributed by atoms with Gasteiger partial charge in [0.25, 0.3) is 0 Å². The van der Waals surface area contributed by atoms with Crippen LogP contribution in [0.25, 0.3) is 60.5 Å². The van der Waals surface area contributed by atoms with Gasteiger partial charge in [-0.3, -0.25) is 4.57 Å². The van der Waals surface area contributed by atoms with E-state index >= 15 is 0 Å². The topological polar surface area (TPSA) is 17.8 Å². The molecule has 0 aliphatic carbocycles. The number of benzene rings is 6. The van der Waals surface area contributed by atoms with Crippen molar-refractivity contribution in [1.29, 1.82) is 0 Å². The van der Waals surface area contributed by atoms with E-state index in [4.69, 9.17) is 22.8 Å². The van der Waals surface area contributed by atoms with E-state index in [2.05, 4.69) is 0 Å². The number of fused-ring (bicyclic) bond motifs is 3. The first-order chi connectivity index (χ1) is 23.7. The lowest BCUT2D eigenvalue weighted by Crippen LogP contribution is -2.00. The number of hydrogen-bond acceptors (Lipinski definition) is 1. The highest BCUT2D eigenvalue weighted by molar-refractivity contribution is 6.21. The highest BCUT2D eigenvalue weighted by Crippen LogP contribution is 2.43. The molecule has 0 N–H and O–H groups in total. The maximum atomic E-state index is 9.10.